The molecule has 5 nitrogen and oxygen atoms in total. The summed E-state index contributed by atoms with van der Waals surface area (Å²) in [4.78, 5) is 13.1. The molecule has 1 unspecified atom stereocenters. The molecule has 0 saturated heterocycles. The minimum Gasteiger partial charge on any atom is -0.348 e. The Hall–Kier alpha value is -2.54. The number of amides is 1. The minimum atomic E-state index is -4.06. The number of sulfonamides is 1. The van der Waals surface area contributed by atoms with Crippen LogP contribution in [0.25, 0.3) is 0 Å². The molecule has 0 aliphatic heterocycles. The van der Waals surface area contributed by atoms with Gasteiger partial charge >= 0.3 is 0 Å². The van der Waals surface area contributed by atoms with Gasteiger partial charge in [0.05, 0.1) is 26.7 Å². The fourth-order valence-electron chi connectivity index (χ4n) is 3.98. The van der Waals surface area contributed by atoms with E-state index in [1.807, 2.05) is 18.2 Å². The van der Waals surface area contributed by atoms with E-state index in [2.05, 4.69) is 11.4 Å². The van der Waals surface area contributed by atoms with Crippen molar-refractivity contribution in [1.29, 1.82) is 0 Å². The molecule has 4 rings (SSSR count). The number of hydrogen-bond donors (Lipinski definition) is 1. The fraction of sp³-hybridized carbons (Fsp3) is 0.208. The monoisotopic (exact) mass is 488 g/mol. The molecule has 166 valence electrons. The predicted molar refractivity (Wildman–Crippen MR) is 128 cm³/mol. The third-order valence-electron chi connectivity index (χ3n) is 5.52. The van der Waals surface area contributed by atoms with Crippen molar-refractivity contribution in [3.63, 3.8) is 0 Å². The van der Waals surface area contributed by atoms with Gasteiger partial charge in [-0.2, -0.15) is 0 Å². The van der Waals surface area contributed by atoms with E-state index in [-0.39, 0.29) is 26.7 Å². The molecule has 32 heavy (non-hydrogen) atoms. The van der Waals surface area contributed by atoms with Crippen LogP contribution in [0.5, 0.6) is 0 Å². The number of anilines is 1. The second-order valence-electron chi connectivity index (χ2n) is 7.61. The maximum Gasteiger partial charge on any atom is 0.264 e. The van der Waals surface area contributed by atoms with Crippen LogP contribution in [-0.4, -0.2) is 20.9 Å². The highest BCUT2D eigenvalue weighted by Gasteiger charge is 2.30. The molecule has 0 fully saturated rings. The van der Waals surface area contributed by atoms with E-state index < -0.39 is 22.5 Å². The standard InChI is InChI=1S/C24H22Cl2N2O3S/c25-20-13-7-15-22(24(20)26)28(32(30,31)18-10-2-1-3-11-18)16-23(29)27-21-14-6-9-17-8-4-5-12-19(17)21/h1-5,7-8,10-13,15,21H,6,9,14,16H2,(H,27,29). The molecular weight excluding hydrogens is 467 g/mol. The summed E-state index contributed by atoms with van der Waals surface area (Å²) in [6.45, 7) is -0.421. The smallest absolute Gasteiger partial charge is 0.264 e. The summed E-state index contributed by atoms with van der Waals surface area (Å²) < 4.78 is 27.9. The molecule has 0 bridgehead atoms. The Bertz CT molecular complexity index is 1230. The number of nitrogens with zero attached hydrogens (tertiary/aromatic N) is 1. The lowest BCUT2D eigenvalue weighted by atomic mass is 9.88. The molecule has 0 saturated carbocycles. The van der Waals surface area contributed by atoms with Gasteiger partial charge in [0.2, 0.25) is 5.91 Å². The highest BCUT2D eigenvalue weighted by atomic mass is 35.5. The Balaban J connectivity index is 1.66. The number of nitrogens with one attached hydrogen (secondary N) is 1. The lowest BCUT2D eigenvalue weighted by molar-refractivity contribution is -0.120. The maximum atomic E-state index is 13.5. The van der Waals surface area contributed by atoms with Crippen LogP contribution in [0.15, 0.2) is 77.7 Å². The number of hydrogen-bond acceptors (Lipinski definition) is 3. The van der Waals surface area contributed by atoms with Gasteiger partial charge in [0.25, 0.3) is 10.0 Å². The summed E-state index contributed by atoms with van der Waals surface area (Å²) in [7, 11) is -4.06. The van der Waals surface area contributed by atoms with Crippen molar-refractivity contribution in [2.24, 2.45) is 0 Å². The van der Waals surface area contributed by atoms with Crippen molar-refractivity contribution >= 4 is 44.8 Å². The summed E-state index contributed by atoms with van der Waals surface area (Å²) in [6.07, 6.45) is 2.72. The lowest BCUT2D eigenvalue weighted by Crippen LogP contribution is -2.42. The largest absolute Gasteiger partial charge is 0.348 e. The molecule has 0 heterocycles. The first-order chi connectivity index (χ1) is 15.4. The van der Waals surface area contributed by atoms with Crippen LogP contribution in [0.3, 0.4) is 0 Å². The Morgan fingerprint density at radius 1 is 0.969 bits per heavy atom. The highest BCUT2D eigenvalue weighted by molar-refractivity contribution is 7.92. The highest BCUT2D eigenvalue weighted by Crippen LogP contribution is 2.35. The van der Waals surface area contributed by atoms with Gasteiger partial charge in [-0.25, -0.2) is 8.42 Å². The van der Waals surface area contributed by atoms with Crippen LogP contribution in [0.1, 0.15) is 30.0 Å². The molecule has 3 aromatic rings. The first kappa shape index (κ1) is 22.6. The molecule has 0 radical (unpaired) electrons. The third kappa shape index (κ3) is 4.63. The summed E-state index contributed by atoms with van der Waals surface area (Å²) >= 11 is 12.5. The Kier molecular flexibility index (Phi) is 6.74. The molecule has 0 aromatic heterocycles. The zero-order chi connectivity index (χ0) is 22.7. The van der Waals surface area contributed by atoms with E-state index in [4.69, 9.17) is 23.2 Å². The third-order valence-corrected chi connectivity index (χ3v) is 8.11. The summed E-state index contributed by atoms with van der Waals surface area (Å²) in [6, 6.07) is 20.5. The van der Waals surface area contributed by atoms with E-state index >= 15 is 0 Å². The number of carbonyl (C=O) groups excluding carboxylic acids is 1. The van der Waals surface area contributed by atoms with Crippen LogP contribution in [-0.2, 0) is 21.2 Å². The number of rotatable bonds is 6. The van der Waals surface area contributed by atoms with Crippen LogP contribution in [0.4, 0.5) is 5.69 Å². The van der Waals surface area contributed by atoms with Gasteiger partial charge in [0.1, 0.15) is 6.54 Å². The molecule has 3 aromatic carbocycles. The number of aryl methyl sites for hydroxylation is 1. The SMILES string of the molecule is O=C(CN(c1cccc(Cl)c1Cl)S(=O)(=O)c1ccccc1)NC1CCCc2ccccc21. The predicted octanol–water partition coefficient (Wildman–Crippen LogP) is 5.38. The van der Waals surface area contributed by atoms with E-state index in [0.717, 1.165) is 29.1 Å². The summed E-state index contributed by atoms with van der Waals surface area (Å²) in [5.74, 6) is -0.415. The number of carbonyl (C=O) groups is 1. The summed E-state index contributed by atoms with van der Waals surface area (Å²) in [5.41, 5.74) is 2.43. The van der Waals surface area contributed by atoms with E-state index in [1.54, 1.807) is 30.3 Å². The van der Waals surface area contributed by atoms with Gasteiger partial charge in [0, 0.05) is 0 Å². The van der Waals surface area contributed by atoms with Crippen molar-refractivity contribution in [2.75, 3.05) is 10.8 Å². The molecule has 1 N–H and O–H groups in total. The maximum absolute atomic E-state index is 13.5. The van der Waals surface area contributed by atoms with Gasteiger partial charge in [-0.1, -0.05) is 71.7 Å². The molecular formula is C24H22Cl2N2O3S. The number of halogens is 2. The van der Waals surface area contributed by atoms with Crippen molar-refractivity contribution in [3.8, 4) is 0 Å². The lowest BCUT2D eigenvalue weighted by Gasteiger charge is -2.29. The normalized spacial score (nSPS) is 15.6. The minimum absolute atomic E-state index is 0.0619. The zero-order valence-corrected chi connectivity index (χ0v) is 19.5. The Morgan fingerprint density at radius 3 is 2.47 bits per heavy atom. The first-order valence-electron chi connectivity index (χ1n) is 10.3. The van der Waals surface area contributed by atoms with E-state index in [1.165, 1.54) is 23.8 Å². The Labute approximate surface area is 198 Å². The molecule has 1 aliphatic carbocycles. The van der Waals surface area contributed by atoms with Crippen LogP contribution < -0.4 is 9.62 Å². The molecule has 1 amide bonds. The van der Waals surface area contributed by atoms with Gasteiger partial charge < -0.3 is 5.32 Å². The fourth-order valence-corrected chi connectivity index (χ4v) is 5.88. The topological polar surface area (TPSA) is 66.5 Å². The van der Waals surface area contributed by atoms with E-state index in [9.17, 15) is 13.2 Å². The number of benzene rings is 3. The molecule has 1 aliphatic rings. The molecule has 8 heteroatoms. The van der Waals surface area contributed by atoms with Crippen molar-refractivity contribution in [3.05, 3.63) is 94.0 Å². The Morgan fingerprint density at radius 2 is 1.69 bits per heavy atom. The van der Waals surface area contributed by atoms with Gasteiger partial charge in [-0.3, -0.25) is 9.10 Å². The molecule has 1 atom stereocenters. The second-order valence-corrected chi connectivity index (χ2v) is 10.3. The van der Waals surface area contributed by atoms with Crippen molar-refractivity contribution in [1.82, 2.24) is 5.32 Å². The van der Waals surface area contributed by atoms with Crippen molar-refractivity contribution in [2.45, 2.75) is 30.2 Å². The first-order valence-corrected chi connectivity index (χ1v) is 12.5. The van der Waals surface area contributed by atoms with E-state index in [0.29, 0.717) is 0 Å². The number of fused-ring (bicyclic) bond motifs is 1. The van der Waals surface area contributed by atoms with Crippen molar-refractivity contribution < 1.29 is 13.2 Å². The average Bonchev–Trinajstić information content (AvgIpc) is 2.80. The molecule has 0 spiro atoms. The van der Waals surface area contributed by atoms with Gasteiger partial charge in [-0.05, 0) is 54.7 Å². The second kappa shape index (κ2) is 9.53. The quantitative estimate of drug-likeness (QED) is 0.506. The van der Waals surface area contributed by atoms with Gasteiger partial charge in [0.15, 0.2) is 0 Å². The van der Waals surface area contributed by atoms with Crippen LogP contribution >= 0.6 is 23.2 Å². The van der Waals surface area contributed by atoms with Crippen LogP contribution in [0.2, 0.25) is 10.0 Å². The zero-order valence-electron chi connectivity index (χ0n) is 17.2. The van der Waals surface area contributed by atoms with Crippen LogP contribution in [0, 0.1) is 0 Å². The van der Waals surface area contributed by atoms with Gasteiger partial charge in [-0.15, -0.1) is 0 Å². The average molecular weight is 489 g/mol. The summed E-state index contributed by atoms with van der Waals surface area (Å²) in [5, 5.41) is 3.29.